The van der Waals surface area contributed by atoms with Crippen LogP contribution in [-0.4, -0.2) is 65.0 Å². The number of aryl methyl sites for hydroxylation is 1. The minimum absolute atomic E-state index is 0.188. The number of nitrogens with zero attached hydrogens (tertiary/aromatic N) is 1. The normalized spacial score (nSPS) is 28.2. The van der Waals surface area contributed by atoms with Crippen molar-refractivity contribution in [2.45, 2.75) is 31.5 Å². The number of H-pyrrole nitrogens is 1. The first-order valence-electron chi connectivity index (χ1n) is 6.86. The van der Waals surface area contributed by atoms with Crippen LogP contribution in [0.2, 0.25) is 0 Å². The van der Waals surface area contributed by atoms with Gasteiger partial charge in [-0.2, -0.15) is 0 Å². The molecule has 2 rings (SSSR count). The molecule has 0 bridgehead atoms. The third-order valence-electron chi connectivity index (χ3n) is 3.51. The molecule has 1 fully saturated rings. The van der Waals surface area contributed by atoms with Crippen molar-refractivity contribution in [1.82, 2.24) is 9.55 Å². The molecule has 124 valence electrons. The largest absolute Gasteiger partial charge is 0.394 e. The van der Waals surface area contributed by atoms with Gasteiger partial charge in [0.25, 0.3) is 5.56 Å². The summed E-state index contributed by atoms with van der Waals surface area (Å²) >= 11 is 0. The van der Waals surface area contributed by atoms with Crippen molar-refractivity contribution in [3.8, 4) is 0 Å². The predicted octanol–water partition coefficient (Wildman–Crippen LogP) is -1.87. The highest BCUT2D eigenvalue weighted by atomic mass is 16.6. The lowest BCUT2D eigenvalue weighted by Crippen LogP contribution is -2.40. The van der Waals surface area contributed by atoms with Gasteiger partial charge in [0.2, 0.25) is 0 Å². The van der Waals surface area contributed by atoms with E-state index in [1.807, 2.05) is 0 Å². The Morgan fingerprint density at radius 2 is 2.14 bits per heavy atom. The van der Waals surface area contributed by atoms with Crippen molar-refractivity contribution in [2.75, 3.05) is 26.9 Å². The fourth-order valence-corrected chi connectivity index (χ4v) is 2.32. The Bertz CT molecular complexity index is 611. The van der Waals surface area contributed by atoms with Crippen LogP contribution in [0.3, 0.4) is 0 Å². The Labute approximate surface area is 126 Å². The molecular formula is C13H20N2O7. The standard InChI is InChI=1S/C13H20N2O7/c1-7-5-15(13(19)14-11(7)18)12-10(21-4-3-20-2)9(17)8(6-16)22-12/h5,8-10,12,16-17H,3-4,6H2,1-2H3,(H,14,18,19)/t8-,9?,10-,12-/m1/s1. The van der Waals surface area contributed by atoms with E-state index in [0.717, 1.165) is 4.57 Å². The molecule has 1 aliphatic rings. The third kappa shape index (κ3) is 3.28. The van der Waals surface area contributed by atoms with Crippen molar-refractivity contribution < 1.29 is 24.4 Å². The van der Waals surface area contributed by atoms with Crippen molar-refractivity contribution in [1.29, 1.82) is 0 Å². The van der Waals surface area contributed by atoms with Gasteiger partial charge in [-0.15, -0.1) is 0 Å². The second kappa shape index (κ2) is 7.16. The zero-order chi connectivity index (χ0) is 16.3. The van der Waals surface area contributed by atoms with E-state index in [1.165, 1.54) is 13.3 Å². The summed E-state index contributed by atoms with van der Waals surface area (Å²) in [6.45, 7) is 1.62. The van der Waals surface area contributed by atoms with Crippen LogP contribution in [0.1, 0.15) is 11.8 Å². The first kappa shape index (κ1) is 16.8. The Morgan fingerprint density at radius 1 is 1.41 bits per heavy atom. The van der Waals surface area contributed by atoms with Crippen molar-refractivity contribution in [2.24, 2.45) is 0 Å². The van der Waals surface area contributed by atoms with Gasteiger partial charge in [0.15, 0.2) is 6.23 Å². The number of aromatic amines is 1. The van der Waals surface area contributed by atoms with Crippen LogP contribution < -0.4 is 11.2 Å². The molecule has 0 aromatic carbocycles. The molecule has 4 atom stereocenters. The quantitative estimate of drug-likeness (QED) is 0.525. The van der Waals surface area contributed by atoms with E-state index < -0.39 is 42.4 Å². The molecular weight excluding hydrogens is 296 g/mol. The fraction of sp³-hybridized carbons (Fsp3) is 0.692. The third-order valence-corrected chi connectivity index (χ3v) is 3.51. The summed E-state index contributed by atoms with van der Waals surface area (Å²) in [5.41, 5.74) is -0.845. The van der Waals surface area contributed by atoms with E-state index in [9.17, 15) is 19.8 Å². The average molecular weight is 316 g/mol. The number of nitrogens with one attached hydrogen (secondary N) is 1. The number of aromatic nitrogens is 2. The molecule has 22 heavy (non-hydrogen) atoms. The van der Waals surface area contributed by atoms with E-state index in [0.29, 0.717) is 12.2 Å². The summed E-state index contributed by atoms with van der Waals surface area (Å²) in [7, 11) is 1.51. The fourth-order valence-electron chi connectivity index (χ4n) is 2.32. The summed E-state index contributed by atoms with van der Waals surface area (Å²) in [6, 6.07) is 0. The Kier molecular flexibility index (Phi) is 5.48. The summed E-state index contributed by atoms with van der Waals surface area (Å²) in [5, 5.41) is 19.4. The number of ether oxygens (including phenoxy) is 3. The van der Waals surface area contributed by atoms with Crippen LogP contribution in [-0.2, 0) is 14.2 Å². The van der Waals surface area contributed by atoms with Gasteiger partial charge in [-0.1, -0.05) is 0 Å². The predicted molar refractivity (Wildman–Crippen MR) is 74.7 cm³/mol. The van der Waals surface area contributed by atoms with E-state index in [4.69, 9.17) is 14.2 Å². The summed E-state index contributed by atoms with van der Waals surface area (Å²) in [6.07, 6.45) is -2.46. The lowest BCUT2D eigenvalue weighted by Gasteiger charge is -2.22. The van der Waals surface area contributed by atoms with Gasteiger partial charge in [0.05, 0.1) is 19.8 Å². The Balaban J connectivity index is 2.31. The number of hydrogen-bond donors (Lipinski definition) is 3. The first-order valence-corrected chi connectivity index (χ1v) is 6.86. The van der Waals surface area contributed by atoms with Gasteiger partial charge in [0.1, 0.15) is 18.3 Å². The molecule has 1 aliphatic heterocycles. The van der Waals surface area contributed by atoms with Gasteiger partial charge < -0.3 is 24.4 Å². The van der Waals surface area contributed by atoms with Gasteiger partial charge in [-0.05, 0) is 6.92 Å². The highest BCUT2D eigenvalue weighted by Crippen LogP contribution is 2.30. The summed E-state index contributed by atoms with van der Waals surface area (Å²) in [4.78, 5) is 25.6. The van der Waals surface area contributed by atoms with Crippen LogP contribution in [0, 0.1) is 6.92 Å². The number of hydrogen-bond acceptors (Lipinski definition) is 7. The van der Waals surface area contributed by atoms with Gasteiger partial charge in [-0.25, -0.2) is 4.79 Å². The van der Waals surface area contributed by atoms with Crippen LogP contribution in [0.5, 0.6) is 0 Å². The van der Waals surface area contributed by atoms with Gasteiger partial charge in [-0.3, -0.25) is 14.3 Å². The zero-order valence-corrected chi connectivity index (χ0v) is 12.4. The molecule has 1 saturated heterocycles. The smallest absolute Gasteiger partial charge is 0.330 e. The maximum atomic E-state index is 12.0. The second-order valence-electron chi connectivity index (χ2n) is 5.05. The van der Waals surface area contributed by atoms with Crippen LogP contribution in [0.15, 0.2) is 15.8 Å². The molecule has 9 heteroatoms. The van der Waals surface area contributed by atoms with Gasteiger partial charge >= 0.3 is 5.69 Å². The highest BCUT2D eigenvalue weighted by molar-refractivity contribution is 5.03. The van der Waals surface area contributed by atoms with Crippen molar-refractivity contribution in [3.63, 3.8) is 0 Å². The Morgan fingerprint density at radius 3 is 2.77 bits per heavy atom. The van der Waals surface area contributed by atoms with E-state index >= 15 is 0 Å². The van der Waals surface area contributed by atoms with Crippen molar-refractivity contribution >= 4 is 0 Å². The molecule has 2 heterocycles. The molecule has 0 radical (unpaired) electrons. The minimum Gasteiger partial charge on any atom is -0.394 e. The number of aliphatic hydroxyl groups excluding tert-OH is 2. The second-order valence-corrected chi connectivity index (χ2v) is 5.05. The van der Waals surface area contributed by atoms with E-state index in [1.54, 1.807) is 6.92 Å². The highest BCUT2D eigenvalue weighted by Gasteiger charge is 2.45. The summed E-state index contributed by atoms with van der Waals surface area (Å²) < 4.78 is 17.0. The Hall–Kier alpha value is -1.52. The molecule has 1 aromatic rings. The van der Waals surface area contributed by atoms with E-state index in [-0.39, 0.29) is 6.61 Å². The minimum atomic E-state index is -1.11. The maximum Gasteiger partial charge on any atom is 0.330 e. The van der Waals surface area contributed by atoms with Crippen LogP contribution in [0.25, 0.3) is 0 Å². The first-order chi connectivity index (χ1) is 10.5. The monoisotopic (exact) mass is 316 g/mol. The molecule has 0 amide bonds. The topological polar surface area (TPSA) is 123 Å². The van der Waals surface area contributed by atoms with Gasteiger partial charge in [0, 0.05) is 18.9 Å². The number of methoxy groups -OCH3 is 1. The van der Waals surface area contributed by atoms with Crippen LogP contribution >= 0.6 is 0 Å². The van der Waals surface area contributed by atoms with E-state index in [2.05, 4.69) is 4.98 Å². The molecule has 9 nitrogen and oxygen atoms in total. The molecule has 0 saturated carbocycles. The molecule has 0 aliphatic carbocycles. The molecule has 0 spiro atoms. The maximum absolute atomic E-state index is 12.0. The number of aliphatic hydroxyl groups is 2. The SMILES string of the molecule is COCCO[C@@H]1C(O)[C@@H](CO)O[C@H]1n1cc(C)c(=O)[nH]c1=O. The lowest BCUT2D eigenvalue weighted by molar-refractivity contribution is -0.0820. The molecule has 3 N–H and O–H groups in total. The lowest BCUT2D eigenvalue weighted by atomic mass is 10.1. The molecule has 1 unspecified atom stereocenters. The van der Waals surface area contributed by atoms with Crippen molar-refractivity contribution in [3.05, 3.63) is 32.6 Å². The zero-order valence-electron chi connectivity index (χ0n) is 12.4. The summed E-state index contributed by atoms with van der Waals surface area (Å²) in [5.74, 6) is 0. The average Bonchev–Trinajstić information content (AvgIpc) is 2.80. The number of rotatable bonds is 6. The molecule has 1 aromatic heterocycles. The van der Waals surface area contributed by atoms with Crippen LogP contribution in [0.4, 0.5) is 0 Å².